The third-order valence-electron chi connectivity index (χ3n) is 9.20. The molecule has 0 amide bonds. The quantitative estimate of drug-likeness (QED) is 0.246. The van der Waals surface area contributed by atoms with Crippen molar-refractivity contribution >= 4 is 45.6 Å². The summed E-state index contributed by atoms with van der Waals surface area (Å²) in [5, 5.41) is 2.62. The standard InChI is InChI=1S/C36H36N2O2/c1-23-12-16-28-29-10-7-9-26(34(29)38(32(28)17-13-23)20-36(4)22-40-36)25-15-14-24(2)33-30(18-25)27-8-5-6-11-31(27)37(33)19-35(3)21-39-35/h5-18,23-24H,19-22H2,1-4H3. The smallest absolute Gasteiger partial charge is 0.107 e. The van der Waals surface area contributed by atoms with Gasteiger partial charge in [-0.15, -0.1) is 0 Å². The van der Waals surface area contributed by atoms with Crippen molar-refractivity contribution in [2.75, 3.05) is 13.2 Å². The second-order valence-corrected chi connectivity index (χ2v) is 12.8. The normalized spacial score (nSPS) is 28.4. The van der Waals surface area contributed by atoms with Crippen LogP contribution in [0.2, 0.25) is 0 Å². The second-order valence-electron chi connectivity index (χ2n) is 12.8. The Labute approximate surface area is 235 Å². The van der Waals surface area contributed by atoms with Crippen LogP contribution in [0.4, 0.5) is 0 Å². The van der Waals surface area contributed by atoms with Crippen molar-refractivity contribution in [3.05, 3.63) is 94.8 Å². The molecule has 4 atom stereocenters. The minimum absolute atomic E-state index is 0.0679. The first-order chi connectivity index (χ1) is 19.3. The summed E-state index contributed by atoms with van der Waals surface area (Å²) in [4.78, 5) is 0. The highest BCUT2D eigenvalue weighted by Crippen LogP contribution is 2.43. The number of hydrogen-bond acceptors (Lipinski definition) is 2. The van der Waals surface area contributed by atoms with Crippen LogP contribution < -0.4 is 0 Å². The number of para-hydroxylation sites is 2. The van der Waals surface area contributed by atoms with Crippen molar-refractivity contribution in [1.29, 1.82) is 0 Å². The van der Waals surface area contributed by atoms with Crippen molar-refractivity contribution in [3.8, 4) is 0 Å². The van der Waals surface area contributed by atoms with E-state index in [1.807, 2.05) is 0 Å². The van der Waals surface area contributed by atoms with Crippen LogP contribution in [0, 0.1) is 5.92 Å². The number of ether oxygens (including phenoxy) is 2. The number of fused-ring (bicyclic) bond motifs is 6. The van der Waals surface area contributed by atoms with Gasteiger partial charge >= 0.3 is 0 Å². The van der Waals surface area contributed by atoms with Crippen molar-refractivity contribution < 1.29 is 9.47 Å². The first-order valence-electron chi connectivity index (χ1n) is 14.6. The van der Waals surface area contributed by atoms with Gasteiger partial charge in [-0.25, -0.2) is 0 Å². The lowest BCUT2D eigenvalue weighted by atomic mass is 9.98. The van der Waals surface area contributed by atoms with Gasteiger partial charge in [0, 0.05) is 50.3 Å². The molecule has 2 fully saturated rings. The Bertz CT molecular complexity index is 1820. The summed E-state index contributed by atoms with van der Waals surface area (Å²) in [6.45, 7) is 12.4. The van der Waals surface area contributed by atoms with E-state index < -0.39 is 0 Å². The van der Waals surface area contributed by atoms with Gasteiger partial charge in [-0.2, -0.15) is 0 Å². The maximum Gasteiger partial charge on any atom is 0.107 e. The fourth-order valence-corrected chi connectivity index (χ4v) is 6.73. The van der Waals surface area contributed by atoms with Crippen LogP contribution >= 0.6 is 0 Å². The molecule has 40 heavy (non-hydrogen) atoms. The van der Waals surface area contributed by atoms with Crippen molar-refractivity contribution in [1.82, 2.24) is 9.13 Å². The van der Waals surface area contributed by atoms with Gasteiger partial charge in [-0.3, -0.25) is 0 Å². The molecule has 2 aliphatic heterocycles. The number of epoxide rings is 2. The highest BCUT2D eigenvalue weighted by atomic mass is 16.6. The Morgan fingerprint density at radius 1 is 0.775 bits per heavy atom. The molecule has 4 heteroatoms. The molecule has 4 nitrogen and oxygen atoms in total. The topological polar surface area (TPSA) is 34.9 Å². The average Bonchev–Trinajstić information content (AvgIpc) is 3.84. The van der Waals surface area contributed by atoms with Crippen molar-refractivity contribution in [3.63, 3.8) is 0 Å². The molecule has 202 valence electrons. The number of nitrogens with zero attached hydrogens (tertiary/aromatic N) is 2. The molecule has 4 aromatic rings. The van der Waals surface area contributed by atoms with Crippen LogP contribution in [0.3, 0.4) is 0 Å². The zero-order valence-corrected chi connectivity index (χ0v) is 23.8. The molecule has 4 unspecified atom stereocenters. The Hall–Kier alpha value is -3.60. The average molecular weight is 529 g/mol. The molecule has 0 bridgehead atoms. The van der Waals surface area contributed by atoms with E-state index in [1.165, 1.54) is 55.5 Å². The molecule has 2 saturated heterocycles. The fourth-order valence-electron chi connectivity index (χ4n) is 6.73. The molecule has 2 aromatic heterocycles. The summed E-state index contributed by atoms with van der Waals surface area (Å²) in [5.41, 5.74) is 10.2. The van der Waals surface area contributed by atoms with E-state index in [4.69, 9.17) is 9.47 Å². The molecule has 0 radical (unpaired) electrons. The van der Waals surface area contributed by atoms with Crippen LogP contribution in [0.15, 0.2) is 66.8 Å². The van der Waals surface area contributed by atoms with Gasteiger partial charge in [0.1, 0.15) is 11.2 Å². The van der Waals surface area contributed by atoms with Gasteiger partial charge in [0.05, 0.1) is 31.8 Å². The summed E-state index contributed by atoms with van der Waals surface area (Å²) in [6, 6.07) is 15.7. The van der Waals surface area contributed by atoms with Crippen molar-refractivity contribution in [2.24, 2.45) is 5.92 Å². The summed E-state index contributed by atoms with van der Waals surface area (Å²) < 4.78 is 16.8. The number of allylic oxidation sites excluding steroid dienone is 5. The highest BCUT2D eigenvalue weighted by molar-refractivity contribution is 6.07. The van der Waals surface area contributed by atoms with Gasteiger partial charge < -0.3 is 18.6 Å². The molecule has 0 spiro atoms. The maximum atomic E-state index is 5.92. The minimum Gasteiger partial charge on any atom is -0.368 e. The van der Waals surface area contributed by atoms with Gasteiger partial charge in [-0.05, 0) is 43.6 Å². The van der Waals surface area contributed by atoms with E-state index in [9.17, 15) is 0 Å². The largest absolute Gasteiger partial charge is 0.368 e. The third kappa shape index (κ3) is 3.81. The number of hydrogen-bond donors (Lipinski definition) is 0. The van der Waals surface area contributed by atoms with Crippen molar-refractivity contribution in [2.45, 2.75) is 57.9 Å². The molecule has 2 aliphatic carbocycles. The molecule has 0 N–H and O–H groups in total. The monoisotopic (exact) mass is 528 g/mol. The number of rotatable bonds is 5. The highest BCUT2D eigenvalue weighted by Gasteiger charge is 2.42. The number of benzene rings is 2. The summed E-state index contributed by atoms with van der Waals surface area (Å²) in [6.07, 6.45) is 16.4. The van der Waals surface area contributed by atoms with E-state index in [0.717, 1.165) is 26.3 Å². The second kappa shape index (κ2) is 8.45. The van der Waals surface area contributed by atoms with Gasteiger partial charge in [0.2, 0.25) is 0 Å². The van der Waals surface area contributed by atoms with Crippen LogP contribution in [0.25, 0.3) is 45.6 Å². The van der Waals surface area contributed by atoms with E-state index in [1.54, 1.807) is 0 Å². The Kier molecular flexibility index (Phi) is 5.12. The van der Waals surface area contributed by atoms with Gasteiger partial charge in [0.25, 0.3) is 0 Å². The van der Waals surface area contributed by atoms with Gasteiger partial charge in [-0.1, -0.05) is 80.6 Å². The molecular weight excluding hydrogens is 492 g/mol. The number of aromatic nitrogens is 2. The van der Waals surface area contributed by atoms with Gasteiger partial charge in [0.15, 0.2) is 0 Å². The molecule has 4 heterocycles. The molecule has 0 saturated carbocycles. The van der Waals surface area contributed by atoms with Crippen LogP contribution in [0.5, 0.6) is 0 Å². The maximum absolute atomic E-state index is 5.92. The summed E-state index contributed by atoms with van der Waals surface area (Å²) >= 11 is 0. The zero-order valence-electron chi connectivity index (χ0n) is 23.8. The van der Waals surface area contributed by atoms with Crippen LogP contribution in [-0.4, -0.2) is 33.6 Å². The van der Waals surface area contributed by atoms with E-state index in [0.29, 0.717) is 5.92 Å². The Morgan fingerprint density at radius 3 is 2.25 bits per heavy atom. The lowest BCUT2D eigenvalue weighted by Crippen LogP contribution is -2.18. The molecular formula is C36H36N2O2. The SMILES string of the molecule is CC1C=Cc2c(n(CC3(C)CO3)c3c(C4=Cc5c(n(CC6(C)CO6)c6ccccc56)C(C)C=C4)cccc23)C=C1. The van der Waals surface area contributed by atoms with Crippen LogP contribution in [0.1, 0.15) is 61.7 Å². The van der Waals surface area contributed by atoms with E-state index in [2.05, 4.69) is 122 Å². The lowest BCUT2D eigenvalue weighted by Gasteiger charge is -2.16. The first-order valence-corrected chi connectivity index (χ1v) is 14.6. The first kappa shape index (κ1) is 24.2. The lowest BCUT2D eigenvalue weighted by molar-refractivity contribution is 0.294. The molecule has 8 rings (SSSR count). The molecule has 2 aromatic carbocycles. The third-order valence-corrected chi connectivity index (χ3v) is 9.20. The van der Waals surface area contributed by atoms with E-state index >= 15 is 0 Å². The Balaban J connectivity index is 1.37. The predicted molar refractivity (Wildman–Crippen MR) is 165 cm³/mol. The Morgan fingerprint density at radius 2 is 1.48 bits per heavy atom. The van der Waals surface area contributed by atoms with Crippen LogP contribution in [-0.2, 0) is 22.6 Å². The predicted octanol–water partition coefficient (Wildman–Crippen LogP) is 8.06. The molecule has 4 aliphatic rings. The fraction of sp³-hybridized carbons (Fsp3) is 0.333. The summed E-state index contributed by atoms with van der Waals surface area (Å²) in [7, 11) is 0. The van der Waals surface area contributed by atoms with E-state index in [-0.39, 0.29) is 17.1 Å². The zero-order chi connectivity index (χ0) is 27.2. The summed E-state index contributed by atoms with van der Waals surface area (Å²) in [5.74, 6) is 0.701. The minimum atomic E-state index is -0.105.